The number of nitrogens with zero attached hydrogens (tertiary/aromatic N) is 1. The molecular weight excluding hydrogens is 382 g/mol. The standard InChI is InChI=1S/C23H19F4NO/c24-18-5-3-6-19(12-18)28(14-22(29)23(25,26)27)13-15-8-9-21-17(10-15)11-16-4-1-2-7-20(16)21/h1-10,12,22,29H,11,13-14H2. The molecule has 3 aromatic carbocycles. The largest absolute Gasteiger partial charge is 0.416 e. The van der Waals surface area contributed by atoms with Gasteiger partial charge in [0.1, 0.15) is 5.82 Å². The molecule has 1 N–H and O–H groups in total. The first-order valence-corrected chi connectivity index (χ1v) is 9.26. The van der Waals surface area contributed by atoms with E-state index in [9.17, 15) is 22.7 Å². The molecule has 150 valence electrons. The zero-order valence-corrected chi connectivity index (χ0v) is 15.5. The van der Waals surface area contributed by atoms with E-state index in [-0.39, 0.29) is 12.2 Å². The number of halogens is 4. The molecule has 1 aliphatic rings. The molecule has 6 heteroatoms. The minimum atomic E-state index is -4.74. The van der Waals surface area contributed by atoms with Crippen molar-refractivity contribution in [3.63, 3.8) is 0 Å². The van der Waals surface area contributed by atoms with Crippen molar-refractivity contribution in [1.82, 2.24) is 0 Å². The number of anilines is 1. The fourth-order valence-corrected chi connectivity index (χ4v) is 3.76. The average molecular weight is 401 g/mol. The second-order valence-electron chi connectivity index (χ2n) is 7.24. The number of rotatable bonds is 5. The molecule has 0 bridgehead atoms. The van der Waals surface area contributed by atoms with Gasteiger partial charge in [-0.05, 0) is 52.4 Å². The van der Waals surface area contributed by atoms with Gasteiger partial charge in [-0.1, -0.05) is 48.5 Å². The van der Waals surface area contributed by atoms with Crippen LogP contribution >= 0.6 is 0 Å². The van der Waals surface area contributed by atoms with Gasteiger partial charge in [-0.25, -0.2) is 4.39 Å². The number of aliphatic hydroxyl groups excluding tert-OH is 1. The molecule has 0 spiro atoms. The van der Waals surface area contributed by atoms with E-state index < -0.39 is 24.6 Å². The molecule has 1 aliphatic carbocycles. The summed E-state index contributed by atoms with van der Waals surface area (Å²) < 4.78 is 52.4. The van der Waals surface area contributed by atoms with E-state index >= 15 is 0 Å². The van der Waals surface area contributed by atoms with Crippen LogP contribution in [0.3, 0.4) is 0 Å². The van der Waals surface area contributed by atoms with Crippen LogP contribution in [0.1, 0.15) is 16.7 Å². The average Bonchev–Trinajstić information content (AvgIpc) is 3.04. The molecule has 29 heavy (non-hydrogen) atoms. The Labute approximate surface area is 166 Å². The Bertz CT molecular complexity index is 1030. The smallest absolute Gasteiger partial charge is 0.382 e. The zero-order chi connectivity index (χ0) is 20.6. The summed E-state index contributed by atoms with van der Waals surface area (Å²) in [4.78, 5) is 1.35. The summed E-state index contributed by atoms with van der Waals surface area (Å²) in [7, 11) is 0. The van der Waals surface area contributed by atoms with Crippen LogP contribution < -0.4 is 4.90 Å². The molecule has 4 rings (SSSR count). The van der Waals surface area contributed by atoms with Crippen molar-refractivity contribution in [2.75, 3.05) is 11.4 Å². The third-order valence-corrected chi connectivity index (χ3v) is 5.18. The van der Waals surface area contributed by atoms with Crippen LogP contribution in [0.25, 0.3) is 11.1 Å². The molecule has 1 atom stereocenters. The van der Waals surface area contributed by atoms with E-state index in [1.54, 1.807) is 0 Å². The lowest BCUT2D eigenvalue weighted by Crippen LogP contribution is -2.40. The molecule has 0 amide bonds. The Kier molecular flexibility index (Phi) is 5.04. The van der Waals surface area contributed by atoms with Crippen molar-refractivity contribution in [2.45, 2.75) is 25.2 Å². The molecule has 1 unspecified atom stereocenters. The van der Waals surface area contributed by atoms with Crippen LogP contribution in [-0.4, -0.2) is 23.9 Å². The van der Waals surface area contributed by atoms with Crippen molar-refractivity contribution in [1.29, 1.82) is 0 Å². The molecule has 2 nitrogen and oxygen atoms in total. The van der Waals surface area contributed by atoms with Crippen molar-refractivity contribution in [3.8, 4) is 11.1 Å². The molecule has 0 saturated carbocycles. The number of hydrogen-bond acceptors (Lipinski definition) is 2. The molecule has 0 radical (unpaired) electrons. The van der Waals surface area contributed by atoms with Crippen molar-refractivity contribution >= 4 is 5.69 Å². The summed E-state index contributed by atoms with van der Waals surface area (Å²) in [5.41, 5.74) is 5.71. The second-order valence-corrected chi connectivity index (χ2v) is 7.24. The molecule has 0 fully saturated rings. The van der Waals surface area contributed by atoms with Crippen LogP contribution in [0.5, 0.6) is 0 Å². The normalized spacial score (nSPS) is 13.7. The minimum Gasteiger partial charge on any atom is -0.382 e. The van der Waals surface area contributed by atoms with Crippen molar-refractivity contribution in [2.24, 2.45) is 0 Å². The molecule has 3 aromatic rings. The lowest BCUT2D eigenvalue weighted by molar-refractivity contribution is -0.200. The fourth-order valence-electron chi connectivity index (χ4n) is 3.76. The number of benzene rings is 3. The van der Waals surface area contributed by atoms with Gasteiger partial charge in [-0.15, -0.1) is 0 Å². The van der Waals surface area contributed by atoms with Gasteiger partial charge in [0.2, 0.25) is 0 Å². The second kappa shape index (κ2) is 7.52. The predicted octanol–water partition coefficient (Wildman–Crippen LogP) is 5.33. The van der Waals surface area contributed by atoms with Gasteiger partial charge in [-0.2, -0.15) is 13.2 Å². The summed E-state index contributed by atoms with van der Waals surface area (Å²) in [6.07, 6.45) is -6.50. The monoisotopic (exact) mass is 401 g/mol. The van der Waals surface area contributed by atoms with Crippen LogP contribution in [0.4, 0.5) is 23.2 Å². The molecule has 0 heterocycles. The number of hydrogen-bond donors (Lipinski definition) is 1. The highest BCUT2D eigenvalue weighted by Crippen LogP contribution is 2.37. The van der Waals surface area contributed by atoms with Crippen LogP contribution in [0.15, 0.2) is 66.7 Å². The van der Waals surface area contributed by atoms with Crippen molar-refractivity contribution < 1.29 is 22.7 Å². The van der Waals surface area contributed by atoms with E-state index in [1.807, 2.05) is 30.3 Å². The maximum Gasteiger partial charge on any atom is 0.416 e. The highest BCUT2D eigenvalue weighted by Gasteiger charge is 2.39. The molecule has 0 aromatic heterocycles. The summed E-state index contributed by atoms with van der Waals surface area (Å²) in [6, 6.07) is 19.3. The summed E-state index contributed by atoms with van der Waals surface area (Å²) >= 11 is 0. The third-order valence-electron chi connectivity index (χ3n) is 5.18. The Morgan fingerprint density at radius 3 is 2.41 bits per heavy atom. The van der Waals surface area contributed by atoms with Gasteiger partial charge < -0.3 is 10.0 Å². The van der Waals surface area contributed by atoms with Crippen LogP contribution in [0, 0.1) is 5.82 Å². The van der Waals surface area contributed by atoms with Crippen LogP contribution in [0.2, 0.25) is 0 Å². The van der Waals surface area contributed by atoms with E-state index in [1.165, 1.54) is 40.3 Å². The van der Waals surface area contributed by atoms with Gasteiger partial charge in [0.05, 0.1) is 6.54 Å². The Balaban J connectivity index is 1.62. The van der Waals surface area contributed by atoms with E-state index in [0.717, 1.165) is 23.1 Å². The van der Waals surface area contributed by atoms with Gasteiger partial charge >= 0.3 is 6.18 Å². The molecule has 0 aliphatic heterocycles. The van der Waals surface area contributed by atoms with E-state index in [2.05, 4.69) is 12.1 Å². The molecule has 0 saturated heterocycles. The van der Waals surface area contributed by atoms with Crippen LogP contribution in [-0.2, 0) is 13.0 Å². The maximum atomic E-state index is 13.7. The highest BCUT2D eigenvalue weighted by atomic mass is 19.4. The zero-order valence-electron chi connectivity index (χ0n) is 15.5. The van der Waals surface area contributed by atoms with Gasteiger partial charge in [0.15, 0.2) is 6.10 Å². The van der Waals surface area contributed by atoms with E-state index in [0.29, 0.717) is 0 Å². The number of alkyl halides is 3. The summed E-state index contributed by atoms with van der Waals surface area (Å²) in [5, 5.41) is 9.58. The summed E-state index contributed by atoms with van der Waals surface area (Å²) in [6.45, 7) is -0.551. The lowest BCUT2D eigenvalue weighted by atomic mass is 10.0. The minimum absolute atomic E-state index is 0.125. The van der Waals surface area contributed by atoms with E-state index in [4.69, 9.17) is 0 Å². The maximum absolute atomic E-state index is 13.7. The Hall–Kier alpha value is -2.86. The number of aliphatic hydroxyl groups is 1. The van der Waals surface area contributed by atoms with Crippen molar-refractivity contribution in [3.05, 3.63) is 89.2 Å². The Morgan fingerprint density at radius 2 is 1.66 bits per heavy atom. The van der Waals surface area contributed by atoms with Gasteiger partial charge in [0, 0.05) is 12.2 Å². The predicted molar refractivity (Wildman–Crippen MR) is 104 cm³/mol. The third kappa shape index (κ3) is 4.12. The fraction of sp³-hybridized carbons (Fsp3) is 0.217. The first kappa shape index (κ1) is 19.5. The first-order chi connectivity index (χ1) is 13.8. The summed E-state index contributed by atoms with van der Waals surface area (Å²) in [5.74, 6) is -0.543. The van der Waals surface area contributed by atoms with Gasteiger partial charge in [0.25, 0.3) is 0 Å². The Morgan fingerprint density at radius 1 is 0.897 bits per heavy atom. The SMILES string of the molecule is OC(CN(Cc1ccc2c(c1)Cc1ccccc1-2)c1cccc(F)c1)C(F)(F)F. The topological polar surface area (TPSA) is 23.5 Å². The number of fused-ring (bicyclic) bond motifs is 3. The lowest BCUT2D eigenvalue weighted by Gasteiger charge is -2.28. The van der Waals surface area contributed by atoms with Gasteiger partial charge in [-0.3, -0.25) is 0 Å². The quantitative estimate of drug-likeness (QED) is 0.457. The first-order valence-electron chi connectivity index (χ1n) is 9.26. The molecular formula is C23H19F4NO. The highest BCUT2D eigenvalue weighted by molar-refractivity contribution is 5.77.